The van der Waals surface area contributed by atoms with E-state index in [4.69, 9.17) is 18.0 Å². The Morgan fingerprint density at radius 1 is 0.621 bits per heavy atom. The van der Waals surface area contributed by atoms with Gasteiger partial charge in [0.25, 0.3) is 0 Å². The first kappa shape index (κ1) is 25.0. The summed E-state index contributed by atoms with van der Waals surface area (Å²) in [6.07, 6.45) is 1.13. The highest BCUT2D eigenvalue weighted by Crippen LogP contribution is 2.42. The zero-order valence-electron chi connectivity index (χ0n) is 19.7. The van der Waals surface area contributed by atoms with Crippen molar-refractivity contribution in [2.24, 2.45) is 0 Å². The van der Waals surface area contributed by atoms with E-state index >= 15 is 0 Å². The molecule has 0 amide bonds. The fraction of sp³-hybridized carbons (Fsp3) is 1.00. The van der Waals surface area contributed by atoms with Gasteiger partial charge in [0.1, 0.15) is 0 Å². The summed E-state index contributed by atoms with van der Waals surface area (Å²) in [5, 5.41) is 3.83. The molecular weight excluding hydrogens is 396 g/mol. The molecular formula is C20H40N2O6S. The maximum Gasteiger partial charge on any atom is 0.400 e. The van der Waals surface area contributed by atoms with Gasteiger partial charge in [0.2, 0.25) is 0 Å². The summed E-state index contributed by atoms with van der Waals surface area (Å²) < 4.78 is 36.7. The van der Waals surface area contributed by atoms with Gasteiger partial charge in [-0.05, 0) is 81.1 Å². The first-order chi connectivity index (χ1) is 13.0. The lowest BCUT2D eigenvalue weighted by Crippen LogP contribution is -2.62. The minimum Gasteiger partial charge on any atom is -0.301 e. The summed E-state index contributed by atoms with van der Waals surface area (Å²) in [5.41, 5.74) is -1.48. The lowest BCUT2D eigenvalue weighted by molar-refractivity contribution is -0.277. The Balaban J connectivity index is 2.11. The summed E-state index contributed by atoms with van der Waals surface area (Å²) >= 11 is 0. The van der Waals surface area contributed by atoms with Gasteiger partial charge >= 0.3 is 10.4 Å². The molecule has 0 saturated carbocycles. The second kappa shape index (κ2) is 8.00. The quantitative estimate of drug-likeness (QED) is 0.627. The van der Waals surface area contributed by atoms with Crippen LogP contribution in [0, 0.1) is 0 Å². The van der Waals surface area contributed by atoms with E-state index in [-0.39, 0.29) is 22.2 Å². The molecule has 2 rings (SSSR count). The minimum atomic E-state index is -4.15. The Morgan fingerprint density at radius 3 is 1.07 bits per heavy atom. The van der Waals surface area contributed by atoms with Gasteiger partial charge < -0.3 is 9.68 Å². The smallest absolute Gasteiger partial charge is 0.301 e. The predicted molar refractivity (Wildman–Crippen MR) is 111 cm³/mol. The number of rotatable bonds is 6. The molecule has 0 radical (unpaired) electrons. The predicted octanol–water partition coefficient (Wildman–Crippen LogP) is 3.43. The molecule has 0 aromatic heterocycles. The molecule has 0 aromatic rings. The summed E-state index contributed by atoms with van der Waals surface area (Å²) in [7, 11) is -0.870. The molecule has 2 aliphatic heterocycles. The summed E-state index contributed by atoms with van der Waals surface area (Å²) in [5.74, 6) is 0. The molecule has 172 valence electrons. The highest BCUT2D eigenvalue weighted by molar-refractivity contribution is 7.81. The van der Waals surface area contributed by atoms with Crippen molar-refractivity contribution < 1.29 is 26.5 Å². The summed E-state index contributed by atoms with van der Waals surface area (Å²) in [6, 6.07) is 0. The van der Waals surface area contributed by atoms with Crippen LogP contribution in [0.15, 0.2) is 0 Å². The Morgan fingerprint density at radius 2 is 0.862 bits per heavy atom. The number of piperidine rings is 2. The van der Waals surface area contributed by atoms with Crippen LogP contribution in [-0.4, -0.2) is 67.1 Å². The third-order valence-electron chi connectivity index (χ3n) is 5.98. The lowest BCUT2D eigenvalue weighted by atomic mass is 9.80. The van der Waals surface area contributed by atoms with Crippen molar-refractivity contribution in [1.82, 2.24) is 10.1 Å². The number of hydrogen-bond donors (Lipinski definition) is 0. The normalized spacial score (nSPS) is 28.5. The number of nitrogens with zero attached hydrogens (tertiary/aromatic N) is 2. The summed E-state index contributed by atoms with van der Waals surface area (Å²) in [6.45, 7) is 16.2. The van der Waals surface area contributed by atoms with Gasteiger partial charge in [0.15, 0.2) is 0 Å². The molecule has 0 unspecified atom stereocenters. The van der Waals surface area contributed by atoms with Gasteiger partial charge in [-0.15, -0.1) is 0 Å². The molecule has 0 aromatic carbocycles. The topological polar surface area (TPSA) is 77.5 Å². The molecule has 0 spiro atoms. The highest BCUT2D eigenvalue weighted by Gasteiger charge is 2.50. The minimum absolute atomic E-state index is 0.371. The first-order valence-electron chi connectivity index (χ1n) is 10.3. The Labute approximate surface area is 177 Å². The van der Waals surface area contributed by atoms with Crippen molar-refractivity contribution >= 4 is 10.4 Å². The standard InChI is InChI=1S/C20H40N2O6S/c1-17(2)11-15(12-18(3,4)21(17)25-9)27-29(23,24)28-16-13-19(5,6)22(26-10)20(7,8)14-16/h15-16H,11-14H2,1-10H3. The molecule has 2 fully saturated rings. The molecule has 29 heavy (non-hydrogen) atoms. The van der Waals surface area contributed by atoms with Gasteiger partial charge in [0.05, 0.1) is 26.4 Å². The number of hydroxylamine groups is 4. The monoisotopic (exact) mass is 436 g/mol. The van der Waals surface area contributed by atoms with E-state index in [0.29, 0.717) is 25.7 Å². The van der Waals surface area contributed by atoms with Crippen molar-refractivity contribution in [2.75, 3.05) is 14.2 Å². The SMILES string of the molecule is CON1C(C)(C)CC(OS(=O)(=O)OC2CC(C)(C)N(OC)C(C)(C)C2)CC1(C)C. The van der Waals surface area contributed by atoms with E-state index in [2.05, 4.69) is 0 Å². The third kappa shape index (κ3) is 5.50. The van der Waals surface area contributed by atoms with Crippen LogP contribution in [-0.2, 0) is 28.4 Å². The van der Waals surface area contributed by atoms with Crippen molar-refractivity contribution in [3.63, 3.8) is 0 Å². The van der Waals surface area contributed by atoms with Crippen LogP contribution >= 0.6 is 0 Å². The van der Waals surface area contributed by atoms with E-state index < -0.39 is 22.6 Å². The molecule has 0 N–H and O–H groups in total. The van der Waals surface area contributed by atoms with E-state index in [9.17, 15) is 8.42 Å². The Hall–Kier alpha value is -0.290. The third-order valence-corrected chi connectivity index (χ3v) is 7.00. The van der Waals surface area contributed by atoms with Crippen LogP contribution < -0.4 is 0 Å². The second-order valence-corrected chi connectivity index (χ2v) is 12.1. The fourth-order valence-corrected chi connectivity index (χ4v) is 6.81. The van der Waals surface area contributed by atoms with Gasteiger partial charge in [-0.2, -0.15) is 18.5 Å². The molecule has 0 aliphatic carbocycles. The maximum absolute atomic E-state index is 12.8. The summed E-state index contributed by atoms with van der Waals surface area (Å²) in [4.78, 5) is 11.1. The van der Waals surface area contributed by atoms with Crippen LogP contribution in [0.4, 0.5) is 0 Å². The average Bonchev–Trinajstić information content (AvgIpc) is 2.40. The fourth-order valence-electron chi connectivity index (χ4n) is 5.82. The second-order valence-electron chi connectivity index (χ2n) is 10.9. The van der Waals surface area contributed by atoms with Gasteiger partial charge in [-0.1, -0.05) is 0 Å². The average molecular weight is 437 g/mol. The lowest BCUT2D eigenvalue weighted by Gasteiger charge is -2.53. The zero-order chi connectivity index (χ0) is 22.5. The zero-order valence-corrected chi connectivity index (χ0v) is 20.6. The van der Waals surface area contributed by atoms with E-state index in [0.717, 1.165) is 0 Å². The van der Waals surface area contributed by atoms with Crippen molar-refractivity contribution in [2.45, 2.75) is 115 Å². The highest BCUT2D eigenvalue weighted by atomic mass is 32.3. The van der Waals surface area contributed by atoms with Crippen LogP contribution in [0.1, 0.15) is 81.1 Å². The van der Waals surface area contributed by atoms with Crippen LogP contribution in [0.5, 0.6) is 0 Å². The largest absolute Gasteiger partial charge is 0.400 e. The van der Waals surface area contributed by atoms with Crippen LogP contribution in [0.2, 0.25) is 0 Å². The molecule has 2 heterocycles. The van der Waals surface area contributed by atoms with Gasteiger partial charge in [-0.25, -0.2) is 8.37 Å². The molecule has 8 nitrogen and oxygen atoms in total. The van der Waals surface area contributed by atoms with Crippen LogP contribution in [0.3, 0.4) is 0 Å². The molecule has 0 atom stereocenters. The Kier molecular flexibility index (Phi) is 6.89. The van der Waals surface area contributed by atoms with Crippen LogP contribution in [0.25, 0.3) is 0 Å². The first-order valence-corrected chi connectivity index (χ1v) is 11.6. The van der Waals surface area contributed by atoms with E-state index in [1.165, 1.54) is 0 Å². The van der Waals surface area contributed by atoms with Crippen molar-refractivity contribution in [1.29, 1.82) is 0 Å². The molecule has 0 bridgehead atoms. The molecule has 9 heteroatoms. The van der Waals surface area contributed by atoms with E-state index in [1.54, 1.807) is 14.2 Å². The Bertz CT molecular complexity index is 601. The molecule has 2 aliphatic rings. The maximum atomic E-state index is 12.8. The van der Waals surface area contributed by atoms with E-state index in [1.807, 2.05) is 65.5 Å². The van der Waals surface area contributed by atoms with Gasteiger partial charge in [0, 0.05) is 22.2 Å². The van der Waals surface area contributed by atoms with Gasteiger partial charge in [-0.3, -0.25) is 0 Å². The number of hydrogen-bond acceptors (Lipinski definition) is 8. The van der Waals surface area contributed by atoms with Crippen molar-refractivity contribution in [3.05, 3.63) is 0 Å². The molecule has 2 saturated heterocycles. The van der Waals surface area contributed by atoms with Crippen molar-refractivity contribution in [3.8, 4) is 0 Å².